The average Bonchev–Trinajstić information content (AvgIpc) is 2.76. The zero-order valence-electron chi connectivity index (χ0n) is 10.4. The largest absolute Gasteiger partial charge is 0.409 e. The quantitative estimate of drug-likeness (QED) is 0.377. The van der Waals surface area contributed by atoms with E-state index in [2.05, 4.69) is 26.0 Å². The van der Waals surface area contributed by atoms with Crippen molar-refractivity contribution in [2.75, 3.05) is 18.0 Å². The lowest BCUT2D eigenvalue weighted by Crippen LogP contribution is -2.43. The average molecular weight is 326 g/mol. The van der Waals surface area contributed by atoms with Crippen LogP contribution >= 0.6 is 15.9 Å². The molecule has 3 N–H and O–H groups in total. The van der Waals surface area contributed by atoms with Crippen LogP contribution in [0.3, 0.4) is 0 Å². The van der Waals surface area contributed by atoms with Gasteiger partial charge in [0, 0.05) is 28.8 Å². The zero-order valence-corrected chi connectivity index (χ0v) is 12.0. The predicted octanol–water partition coefficient (Wildman–Crippen LogP) is 1.91. The molecule has 0 saturated carbocycles. The van der Waals surface area contributed by atoms with Crippen LogP contribution in [0.5, 0.6) is 0 Å². The molecule has 19 heavy (non-hydrogen) atoms. The van der Waals surface area contributed by atoms with Gasteiger partial charge in [0.1, 0.15) is 0 Å². The van der Waals surface area contributed by atoms with Crippen molar-refractivity contribution in [1.29, 1.82) is 0 Å². The SMILES string of the molecule is N/C(=N/O)c1ccc(Br)cc1N1CC2CCC(C1)O2. The van der Waals surface area contributed by atoms with Crippen LogP contribution in [0, 0.1) is 0 Å². The number of benzene rings is 1. The van der Waals surface area contributed by atoms with Gasteiger partial charge in [0.15, 0.2) is 5.84 Å². The van der Waals surface area contributed by atoms with E-state index in [9.17, 15) is 0 Å². The summed E-state index contributed by atoms with van der Waals surface area (Å²) in [4.78, 5) is 2.27. The van der Waals surface area contributed by atoms with Crippen molar-refractivity contribution in [3.8, 4) is 0 Å². The van der Waals surface area contributed by atoms with E-state index in [-0.39, 0.29) is 5.84 Å². The highest BCUT2D eigenvalue weighted by atomic mass is 79.9. The standard InChI is InChI=1S/C13H16BrN3O2/c14-8-1-4-11(13(15)16-18)12(5-8)17-6-9-2-3-10(7-17)19-9/h1,4-5,9-10,18H,2-3,6-7H2,(H2,15,16). The Hall–Kier alpha value is -1.27. The molecule has 2 bridgehead atoms. The molecular weight excluding hydrogens is 310 g/mol. The summed E-state index contributed by atoms with van der Waals surface area (Å²) in [5.41, 5.74) is 7.51. The molecule has 2 saturated heterocycles. The summed E-state index contributed by atoms with van der Waals surface area (Å²) in [6.45, 7) is 1.72. The molecule has 0 aliphatic carbocycles. The first-order chi connectivity index (χ1) is 9.17. The number of ether oxygens (including phenoxy) is 1. The van der Waals surface area contributed by atoms with E-state index in [0.29, 0.717) is 12.2 Å². The number of hydrogen-bond acceptors (Lipinski definition) is 4. The molecule has 1 aromatic rings. The summed E-state index contributed by atoms with van der Waals surface area (Å²) in [5, 5.41) is 12.0. The molecule has 2 fully saturated rings. The molecule has 2 aliphatic rings. The molecule has 2 heterocycles. The Balaban J connectivity index is 1.97. The molecule has 102 valence electrons. The van der Waals surface area contributed by atoms with Crippen LogP contribution in [0.1, 0.15) is 18.4 Å². The van der Waals surface area contributed by atoms with Crippen LogP contribution in [0.4, 0.5) is 5.69 Å². The van der Waals surface area contributed by atoms with Crippen LogP contribution in [0.2, 0.25) is 0 Å². The lowest BCUT2D eigenvalue weighted by atomic mass is 10.1. The molecule has 2 atom stereocenters. The van der Waals surface area contributed by atoms with Crippen LogP contribution in [0.25, 0.3) is 0 Å². The molecule has 0 spiro atoms. The summed E-state index contributed by atoms with van der Waals surface area (Å²) in [6.07, 6.45) is 2.85. The number of anilines is 1. The third kappa shape index (κ3) is 2.42. The maximum atomic E-state index is 8.90. The van der Waals surface area contributed by atoms with Crippen LogP contribution in [0.15, 0.2) is 27.8 Å². The van der Waals surface area contributed by atoms with Gasteiger partial charge >= 0.3 is 0 Å². The fraction of sp³-hybridized carbons (Fsp3) is 0.462. The molecule has 1 aromatic carbocycles. The molecule has 2 aliphatic heterocycles. The number of amidine groups is 1. The summed E-state index contributed by atoms with van der Waals surface area (Å²) >= 11 is 3.48. The zero-order chi connectivity index (χ0) is 13.4. The lowest BCUT2D eigenvalue weighted by Gasteiger charge is -2.35. The maximum absolute atomic E-state index is 8.90. The number of halogens is 1. The first-order valence-electron chi connectivity index (χ1n) is 6.35. The Labute approximate surface area is 120 Å². The minimum absolute atomic E-state index is 0.140. The van der Waals surface area contributed by atoms with Crippen molar-refractivity contribution >= 4 is 27.5 Å². The molecule has 6 heteroatoms. The van der Waals surface area contributed by atoms with Gasteiger partial charge in [0.2, 0.25) is 0 Å². The van der Waals surface area contributed by atoms with E-state index < -0.39 is 0 Å². The molecule has 2 unspecified atom stereocenters. The maximum Gasteiger partial charge on any atom is 0.172 e. The monoisotopic (exact) mass is 325 g/mol. The van der Waals surface area contributed by atoms with Gasteiger partial charge in [-0.05, 0) is 31.0 Å². The van der Waals surface area contributed by atoms with E-state index in [1.807, 2.05) is 18.2 Å². The fourth-order valence-corrected chi connectivity index (χ4v) is 3.20. The Morgan fingerprint density at radius 1 is 1.37 bits per heavy atom. The predicted molar refractivity (Wildman–Crippen MR) is 76.8 cm³/mol. The number of nitrogens with zero attached hydrogens (tertiary/aromatic N) is 2. The van der Waals surface area contributed by atoms with Gasteiger partial charge < -0.3 is 20.6 Å². The second kappa shape index (κ2) is 5.02. The summed E-state index contributed by atoms with van der Waals surface area (Å²) < 4.78 is 6.82. The third-order valence-corrected chi connectivity index (χ3v) is 4.22. The Kier molecular flexibility index (Phi) is 3.36. The van der Waals surface area contributed by atoms with Crippen molar-refractivity contribution in [2.24, 2.45) is 10.9 Å². The molecule has 0 aromatic heterocycles. The number of fused-ring (bicyclic) bond motifs is 2. The fourth-order valence-electron chi connectivity index (χ4n) is 2.85. The normalized spacial score (nSPS) is 26.8. The smallest absolute Gasteiger partial charge is 0.172 e. The topological polar surface area (TPSA) is 71.1 Å². The van der Waals surface area contributed by atoms with Crippen LogP contribution in [-0.2, 0) is 4.74 Å². The number of morpholine rings is 1. The third-order valence-electron chi connectivity index (χ3n) is 3.73. The molecule has 3 rings (SSSR count). The number of rotatable bonds is 2. The van der Waals surface area contributed by atoms with Crippen molar-refractivity contribution in [3.05, 3.63) is 28.2 Å². The van der Waals surface area contributed by atoms with E-state index in [1.54, 1.807) is 0 Å². The minimum atomic E-state index is 0.140. The van der Waals surface area contributed by atoms with Crippen molar-refractivity contribution in [3.63, 3.8) is 0 Å². The van der Waals surface area contributed by atoms with Gasteiger partial charge in [-0.1, -0.05) is 21.1 Å². The number of nitrogens with two attached hydrogens (primary N) is 1. The first kappa shape index (κ1) is 12.7. The first-order valence-corrected chi connectivity index (χ1v) is 7.14. The highest BCUT2D eigenvalue weighted by Gasteiger charge is 2.34. The van der Waals surface area contributed by atoms with Crippen LogP contribution < -0.4 is 10.6 Å². The van der Waals surface area contributed by atoms with Gasteiger partial charge in [-0.15, -0.1) is 0 Å². The second-order valence-corrected chi connectivity index (χ2v) is 5.92. The number of hydrogen-bond donors (Lipinski definition) is 2. The van der Waals surface area contributed by atoms with Crippen LogP contribution in [-0.4, -0.2) is 36.3 Å². The summed E-state index contributed by atoms with van der Waals surface area (Å²) in [6, 6.07) is 5.77. The van der Waals surface area contributed by atoms with E-state index in [0.717, 1.165) is 41.7 Å². The summed E-state index contributed by atoms with van der Waals surface area (Å²) in [5.74, 6) is 0.140. The van der Waals surface area contributed by atoms with Crippen molar-refractivity contribution in [1.82, 2.24) is 0 Å². The van der Waals surface area contributed by atoms with Crippen molar-refractivity contribution < 1.29 is 9.94 Å². The van der Waals surface area contributed by atoms with Gasteiger partial charge in [-0.3, -0.25) is 0 Å². The highest BCUT2D eigenvalue weighted by Crippen LogP contribution is 2.32. The Bertz CT molecular complexity index is 509. The van der Waals surface area contributed by atoms with Crippen molar-refractivity contribution in [2.45, 2.75) is 25.0 Å². The molecule has 0 amide bonds. The lowest BCUT2D eigenvalue weighted by molar-refractivity contribution is 0.0305. The van der Waals surface area contributed by atoms with E-state index >= 15 is 0 Å². The molecule has 0 radical (unpaired) electrons. The van der Waals surface area contributed by atoms with Gasteiger partial charge in [-0.2, -0.15) is 0 Å². The Morgan fingerprint density at radius 3 is 2.68 bits per heavy atom. The molecular formula is C13H16BrN3O2. The van der Waals surface area contributed by atoms with E-state index in [1.165, 1.54) is 0 Å². The second-order valence-electron chi connectivity index (χ2n) is 5.01. The van der Waals surface area contributed by atoms with Gasteiger partial charge in [-0.25, -0.2) is 0 Å². The van der Waals surface area contributed by atoms with Gasteiger partial charge in [0.25, 0.3) is 0 Å². The van der Waals surface area contributed by atoms with E-state index in [4.69, 9.17) is 15.7 Å². The summed E-state index contributed by atoms with van der Waals surface area (Å²) in [7, 11) is 0. The molecule has 5 nitrogen and oxygen atoms in total. The highest BCUT2D eigenvalue weighted by molar-refractivity contribution is 9.10. The number of oxime groups is 1. The Morgan fingerprint density at radius 2 is 2.05 bits per heavy atom. The van der Waals surface area contributed by atoms with Gasteiger partial charge in [0.05, 0.1) is 12.2 Å². The minimum Gasteiger partial charge on any atom is -0.409 e.